The third-order valence-electron chi connectivity index (χ3n) is 2.22. The number of hydrogen-bond acceptors (Lipinski definition) is 4. The molecule has 4 heteroatoms. The quantitative estimate of drug-likeness (QED) is 0.736. The lowest BCUT2D eigenvalue weighted by atomic mass is 10.1. The molecule has 0 aliphatic heterocycles. The SMILES string of the molecule is COc1ccccc1Cc1nc(C=O)co1. The average Bonchev–Trinajstić information content (AvgIpc) is 2.77. The van der Waals surface area contributed by atoms with Crippen molar-refractivity contribution >= 4 is 6.29 Å². The van der Waals surface area contributed by atoms with Crippen molar-refractivity contribution in [3.8, 4) is 5.75 Å². The first kappa shape index (κ1) is 10.4. The summed E-state index contributed by atoms with van der Waals surface area (Å²) in [6, 6.07) is 7.62. The number of methoxy groups -OCH3 is 1. The van der Waals surface area contributed by atoms with E-state index in [-0.39, 0.29) is 0 Å². The first-order valence-corrected chi connectivity index (χ1v) is 4.85. The highest BCUT2D eigenvalue weighted by Gasteiger charge is 2.07. The Kier molecular flexibility index (Phi) is 3.00. The molecule has 0 N–H and O–H groups in total. The van der Waals surface area contributed by atoms with Crippen LogP contribution in [0.2, 0.25) is 0 Å². The smallest absolute Gasteiger partial charge is 0.199 e. The van der Waals surface area contributed by atoms with Crippen LogP contribution < -0.4 is 4.74 Å². The Labute approximate surface area is 92.9 Å². The molecule has 0 atom stereocenters. The molecule has 0 aliphatic rings. The normalized spacial score (nSPS) is 10.1. The Morgan fingerprint density at radius 3 is 2.94 bits per heavy atom. The zero-order chi connectivity index (χ0) is 11.4. The summed E-state index contributed by atoms with van der Waals surface area (Å²) in [5, 5.41) is 0. The number of aromatic nitrogens is 1. The summed E-state index contributed by atoms with van der Waals surface area (Å²) in [4.78, 5) is 14.5. The maximum absolute atomic E-state index is 10.4. The molecule has 4 nitrogen and oxygen atoms in total. The van der Waals surface area contributed by atoms with Gasteiger partial charge >= 0.3 is 0 Å². The summed E-state index contributed by atoms with van der Waals surface area (Å²) in [5.74, 6) is 1.29. The van der Waals surface area contributed by atoms with Gasteiger partial charge in [-0.05, 0) is 6.07 Å². The highest BCUT2D eigenvalue weighted by Crippen LogP contribution is 2.20. The van der Waals surface area contributed by atoms with Crippen LogP contribution in [-0.4, -0.2) is 18.4 Å². The topological polar surface area (TPSA) is 52.3 Å². The number of oxazole rings is 1. The Morgan fingerprint density at radius 2 is 2.25 bits per heavy atom. The second-order valence-corrected chi connectivity index (χ2v) is 3.27. The summed E-state index contributed by atoms with van der Waals surface area (Å²) in [5.41, 5.74) is 1.29. The second-order valence-electron chi connectivity index (χ2n) is 3.27. The lowest BCUT2D eigenvalue weighted by Crippen LogP contribution is -1.94. The summed E-state index contributed by atoms with van der Waals surface area (Å²) < 4.78 is 10.4. The highest BCUT2D eigenvalue weighted by molar-refractivity contribution is 5.70. The standard InChI is InChI=1S/C12H11NO3/c1-15-11-5-3-2-4-9(11)6-12-13-10(7-14)8-16-12/h2-5,7-8H,6H2,1H3. The van der Waals surface area contributed by atoms with Gasteiger partial charge in [-0.3, -0.25) is 4.79 Å². The number of hydrogen-bond donors (Lipinski definition) is 0. The van der Waals surface area contributed by atoms with Gasteiger partial charge in [-0.25, -0.2) is 4.98 Å². The van der Waals surface area contributed by atoms with Crippen molar-refractivity contribution in [3.63, 3.8) is 0 Å². The second kappa shape index (κ2) is 4.61. The van der Waals surface area contributed by atoms with Gasteiger partial charge in [0.15, 0.2) is 12.2 Å². The minimum absolute atomic E-state index is 0.310. The van der Waals surface area contributed by atoms with Gasteiger partial charge in [0.1, 0.15) is 17.7 Å². The molecule has 0 radical (unpaired) electrons. The van der Waals surface area contributed by atoms with Crippen molar-refractivity contribution in [2.75, 3.05) is 7.11 Å². The number of benzene rings is 1. The van der Waals surface area contributed by atoms with Crippen LogP contribution in [0.15, 0.2) is 34.9 Å². The van der Waals surface area contributed by atoms with Gasteiger partial charge in [0.2, 0.25) is 0 Å². The van der Waals surface area contributed by atoms with Gasteiger partial charge in [0, 0.05) is 5.56 Å². The molecule has 2 aromatic rings. The van der Waals surface area contributed by atoms with Crippen molar-refractivity contribution in [3.05, 3.63) is 47.7 Å². The van der Waals surface area contributed by atoms with Crippen LogP contribution in [-0.2, 0) is 6.42 Å². The van der Waals surface area contributed by atoms with Crippen LogP contribution in [0.25, 0.3) is 0 Å². The maximum Gasteiger partial charge on any atom is 0.199 e. The number of carbonyl (C=O) groups is 1. The molecule has 0 amide bonds. The molecule has 0 fully saturated rings. The van der Waals surface area contributed by atoms with E-state index in [9.17, 15) is 4.79 Å². The van der Waals surface area contributed by atoms with E-state index in [2.05, 4.69) is 4.98 Å². The van der Waals surface area contributed by atoms with Gasteiger partial charge in [-0.15, -0.1) is 0 Å². The van der Waals surface area contributed by atoms with Crippen LogP contribution >= 0.6 is 0 Å². The summed E-state index contributed by atoms with van der Waals surface area (Å²) in [6.45, 7) is 0. The zero-order valence-corrected chi connectivity index (χ0v) is 8.84. The molecule has 1 aromatic heterocycles. The average molecular weight is 217 g/mol. The molecule has 0 spiro atoms. The Bertz CT molecular complexity index is 491. The molecule has 82 valence electrons. The molecule has 0 unspecified atom stereocenters. The first-order chi connectivity index (χ1) is 7.83. The Balaban J connectivity index is 2.22. The van der Waals surface area contributed by atoms with Crippen molar-refractivity contribution in [2.45, 2.75) is 6.42 Å². The predicted molar refractivity (Wildman–Crippen MR) is 57.7 cm³/mol. The van der Waals surface area contributed by atoms with E-state index in [0.29, 0.717) is 24.3 Å². The van der Waals surface area contributed by atoms with Crippen LogP contribution in [0, 0.1) is 0 Å². The van der Waals surface area contributed by atoms with Gasteiger partial charge < -0.3 is 9.15 Å². The van der Waals surface area contributed by atoms with E-state index in [0.717, 1.165) is 11.3 Å². The molecule has 16 heavy (non-hydrogen) atoms. The van der Waals surface area contributed by atoms with Crippen LogP contribution in [0.3, 0.4) is 0 Å². The molecular formula is C12H11NO3. The van der Waals surface area contributed by atoms with Gasteiger partial charge in [-0.1, -0.05) is 18.2 Å². The summed E-state index contributed by atoms with van der Waals surface area (Å²) in [7, 11) is 1.62. The molecule has 1 heterocycles. The van der Waals surface area contributed by atoms with Gasteiger partial charge in [0.25, 0.3) is 0 Å². The minimum Gasteiger partial charge on any atom is -0.496 e. The molecule has 0 bridgehead atoms. The molecular weight excluding hydrogens is 206 g/mol. The highest BCUT2D eigenvalue weighted by atomic mass is 16.5. The third-order valence-corrected chi connectivity index (χ3v) is 2.22. The van der Waals surface area contributed by atoms with Crippen LogP contribution in [0.4, 0.5) is 0 Å². The van der Waals surface area contributed by atoms with Crippen molar-refractivity contribution in [2.24, 2.45) is 0 Å². The fourth-order valence-electron chi connectivity index (χ4n) is 1.47. The Hall–Kier alpha value is -2.10. The molecule has 0 saturated carbocycles. The first-order valence-electron chi connectivity index (χ1n) is 4.85. The minimum atomic E-state index is 0.310. The molecule has 2 rings (SSSR count). The van der Waals surface area contributed by atoms with Gasteiger partial charge in [-0.2, -0.15) is 0 Å². The molecule has 1 aromatic carbocycles. The molecule has 0 aliphatic carbocycles. The molecule has 0 saturated heterocycles. The van der Waals surface area contributed by atoms with E-state index in [1.807, 2.05) is 24.3 Å². The largest absolute Gasteiger partial charge is 0.496 e. The monoisotopic (exact) mass is 217 g/mol. The third kappa shape index (κ3) is 2.11. The summed E-state index contributed by atoms with van der Waals surface area (Å²) in [6.07, 6.45) is 2.52. The van der Waals surface area contributed by atoms with E-state index in [4.69, 9.17) is 9.15 Å². The van der Waals surface area contributed by atoms with Crippen molar-refractivity contribution < 1.29 is 13.9 Å². The van der Waals surface area contributed by atoms with E-state index in [1.54, 1.807) is 7.11 Å². The Morgan fingerprint density at radius 1 is 1.44 bits per heavy atom. The number of nitrogens with zero attached hydrogens (tertiary/aromatic N) is 1. The van der Waals surface area contributed by atoms with Gasteiger partial charge in [0.05, 0.1) is 13.5 Å². The lowest BCUT2D eigenvalue weighted by Gasteiger charge is -2.05. The van der Waals surface area contributed by atoms with Crippen LogP contribution in [0.1, 0.15) is 21.9 Å². The van der Waals surface area contributed by atoms with Crippen molar-refractivity contribution in [1.82, 2.24) is 4.98 Å². The predicted octanol–water partition coefficient (Wildman–Crippen LogP) is 2.09. The fraction of sp³-hybridized carbons (Fsp3) is 0.167. The number of para-hydroxylation sites is 1. The number of aldehydes is 1. The number of carbonyl (C=O) groups excluding carboxylic acids is 1. The van der Waals surface area contributed by atoms with Crippen molar-refractivity contribution in [1.29, 1.82) is 0 Å². The fourth-order valence-corrected chi connectivity index (χ4v) is 1.47. The lowest BCUT2D eigenvalue weighted by molar-refractivity contribution is 0.111. The van der Waals surface area contributed by atoms with E-state index < -0.39 is 0 Å². The zero-order valence-electron chi connectivity index (χ0n) is 8.84. The number of rotatable bonds is 4. The van der Waals surface area contributed by atoms with Crippen LogP contribution in [0.5, 0.6) is 5.75 Å². The maximum atomic E-state index is 10.4. The summed E-state index contributed by atoms with van der Waals surface area (Å²) >= 11 is 0. The van der Waals surface area contributed by atoms with E-state index >= 15 is 0 Å². The number of ether oxygens (including phenoxy) is 1. The van der Waals surface area contributed by atoms with E-state index in [1.165, 1.54) is 6.26 Å².